The van der Waals surface area contributed by atoms with Crippen molar-refractivity contribution in [2.45, 2.75) is 25.4 Å². The Hall–Kier alpha value is -1.13. The second-order valence-corrected chi connectivity index (χ2v) is 4.80. The highest BCUT2D eigenvalue weighted by atomic mass is 19.1. The molecular weight excluding hydrogens is 221 g/mol. The van der Waals surface area contributed by atoms with Crippen molar-refractivity contribution in [3.05, 3.63) is 29.6 Å². The number of benzene rings is 1. The van der Waals surface area contributed by atoms with Gasteiger partial charge in [-0.05, 0) is 43.4 Å². The minimum absolute atomic E-state index is 0.0501. The predicted octanol–water partition coefficient (Wildman–Crippen LogP) is 1.61. The van der Waals surface area contributed by atoms with E-state index in [1.165, 1.54) is 6.07 Å². The van der Waals surface area contributed by atoms with Crippen molar-refractivity contribution in [3.63, 3.8) is 0 Å². The van der Waals surface area contributed by atoms with E-state index < -0.39 is 11.4 Å². The van der Waals surface area contributed by atoms with Gasteiger partial charge >= 0.3 is 0 Å². The fourth-order valence-electron chi connectivity index (χ4n) is 1.89. The van der Waals surface area contributed by atoms with Gasteiger partial charge in [0.1, 0.15) is 12.2 Å². The molecule has 0 aromatic heterocycles. The van der Waals surface area contributed by atoms with Crippen LogP contribution < -0.4 is 10.5 Å². The lowest BCUT2D eigenvalue weighted by atomic mass is 9.99. The monoisotopic (exact) mass is 239 g/mol. The van der Waals surface area contributed by atoms with E-state index in [4.69, 9.17) is 10.5 Å². The van der Waals surface area contributed by atoms with Crippen LogP contribution >= 0.6 is 0 Å². The zero-order valence-electron chi connectivity index (χ0n) is 9.95. The minimum atomic E-state index is -1.02. The van der Waals surface area contributed by atoms with E-state index in [9.17, 15) is 9.50 Å². The zero-order valence-corrected chi connectivity index (χ0v) is 9.95. The Bertz CT molecular complexity index is 406. The van der Waals surface area contributed by atoms with E-state index in [-0.39, 0.29) is 24.8 Å². The molecule has 3 nitrogen and oxygen atoms in total. The molecule has 0 saturated heterocycles. The smallest absolute Gasteiger partial charge is 0.165 e. The number of aliphatic hydroxyl groups is 1. The van der Waals surface area contributed by atoms with Crippen LogP contribution in [-0.4, -0.2) is 23.9 Å². The average molecular weight is 239 g/mol. The number of aryl methyl sites for hydroxylation is 1. The van der Waals surface area contributed by atoms with Gasteiger partial charge in [0.05, 0.1) is 0 Å². The van der Waals surface area contributed by atoms with Crippen molar-refractivity contribution in [1.29, 1.82) is 0 Å². The number of rotatable bonds is 5. The van der Waals surface area contributed by atoms with Gasteiger partial charge in [0.15, 0.2) is 11.6 Å². The summed E-state index contributed by atoms with van der Waals surface area (Å²) in [6, 6.07) is 4.67. The number of hydrogen-bond acceptors (Lipinski definition) is 3. The first kappa shape index (κ1) is 12.3. The molecule has 4 heteroatoms. The summed E-state index contributed by atoms with van der Waals surface area (Å²) in [6.07, 6.45) is 1.93. The second-order valence-electron chi connectivity index (χ2n) is 4.80. The van der Waals surface area contributed by atoms with Crippen LogP contribution in [-0.2, 0) is 0 Å². The van der Waals surface area contributed by atoms with E-state index in [0.717, 1.165) is 18.4 Å². The van der Waals surface area contributed by atoms with Gasteiger partial charge in [0.2, 0.25) is 0 Å². The van der Waals surface area contributed by atoms with Crippen LogP contribution in [0.15, 0.2) is 18.2 Å². The Balaban J connectivity index is 2.03. The quantitative estimate of drug-likeness (QED) is 0.820. The van der Waals surface area contributed by atoms with Gasteiger partial charge in [-0.3, -0.25) is 0 Å². The number of halogens is 1. The molecule has 0 spiro atoms. The molecule has 0 bridgehead atoms. The maximum Gasteiger partial charge on any atom is 0.165 e. The highest BCUT2D eigenvalue weighted by Crippen LogP contribution is 2.39. The van der Waals surface area contributed by atoms with Crippen LogP contribution in [0.4, 0.5) is 4.39 Å². The van der Waals surface area contributed by atoms with Crippen molar-refractivity contribution in [2.24, 2.45) is 11.7 Å². The van der Waals surface area contributed by atoms with Crippen molar-refractivity contribution in [1.82, 2.24) is 0 Å². The molecule has 1 aliphatic rings. The minimum Gasteiger partial charge on any atom is -0.487 e. The highest BCUT2D eigenvalue weighted by molar-refractivity contribution is 5.29. The normalized spacial score (nSPS) is 18.8. The topological polar surface area (TPSA) is 55.5 Å². The number of ether oxygens (including phenoxy) is 1. The van der Waals surface area contributed by atoms with Gasteiger partial charge in [-0.25, -0.2) is 4.39 Å². The number of hydrogen-bond donors (Lipinski definition) is 2. The summed E-state index contributed by atoms with van der Waals surface area (Å²) < 4.78 is 18.8. The van der Waals surface area contributed by atoms with Crippen LogP contribution in [0, 0.1) is 18.7 Å². The van der Waals surface area contributed by atoms with Gasteiger partial charge in [-0.1, -0.05) is 6.07 Å². The Labute approximate surface area is 100 Å². The Morgan fingerprint density at radius 1 is 1.53 bits per heavy atom. The molecule has 1 aromatic rings. The molecule has 1 aromatic carbocycles. The third kappa shape index (κ3) is 2.76. The molecule has 1 aliphatic carbocycles. The summed E-state index contributed by atoms with van der Waals surface area (Å²) in [5, 5.41) is 10.2. The average Bonchev–Trinajstić information content (AvgIpc) is 3.14. The van der Waals surface area contributed by atoms with Crippen LogP contribution in [0.3, 0.4) is 0 Å². The van der Waals surface area contributed by atoms with Gasteiger partial charge in [-0.2, -0.15) is 0 Å². The van der Waals surface area contributed by atoms with Crippen LogP contribution in [0.5, 0.6) is 5.75 Å². The van der Waals surface area contributed by atoms with Crippen LogP contribution in [0.2, 0.25) is 0 Å². The summed E-state index contributed by atoms with van der Waals surface area (Å²) in [5.74, 6) is -0.0383. The maximum absolute atomic E-state index is 13.4. The fraction of sp³-hybridized carbons (Fsp3) is 0.538. The maximum atomic E-state index is 13.4. The summed E-state index contributed by atoms with van der Waals surface area (Å²) in [4.78, 5) is 0. The molecule has 3 N–H and O–H groups in total. The van der Waals surface area contributed by atoms with Gasteiger partial charge in [-0.15, -0.1) is 0 Å². The van der Waals surface area contributed by atoms with Crippen molar-refractivity contribution < 1.29 is 14.2 Å². The van der Waals surface area contributed by atoms with Crippen LogP contribution in [0.1, 0.15) is 18.4 Å². The van der Waals surface area contributed by atoms with Crippen molar-refractivity contribution in [2.75, 3.05) is 13.2 Å². The lowest BCUT2D eigenvalue weighted by Gasteiger charge is -2.26. The summed E-state index contributed by atoms with van der Waals surface area (Å²) in [6.45, 7) is 2.06. The Kier molecular flexibility index (Phi) is 3.35. The molecule has 0 amide bonds. The highest BCUT2D eigenvalue weighted by Gasteiger charge is 2.43. The van der Waals surface area contributed by atoms with Crippen LogP contribution in [0.25, 0.3) is 0 Å². The molecule has 1 atom stereocenters. The summed E-state index contributed by atoms with van der Waals surface area (Å²) in [5.41, 5.74) is 5.46. The zero-order chi connectivity index (χ0) is 12.5. The van der Waals surface area contributed by atoms with Gasteiger partial charge in [0, 0.05) is 6.54 Å². The molecule has 1 saturated carbocycles. The standard InChI is InChI=1S/C13H18FNO2/c1-9-2-5-11(14)12(6-9)17-8-13(16,7-15)10-3-4-10/h2,5-6,10,16H,3-4,7-8,15H2,1H3. The molecule has 94 valence electrons. The van der Waals surface area contributed by atoms with E-state index in [2.05, 4.69) is 0 Å². The Morgan fingerprint density at radius 2 is 2.24 bits per heavy atom. The molecular formula is C13H18FNO2. The predicted molar refractivity (Wildman–Crippen MR) is 63.4 cm³/mol. The SMILES string of the molecule is Cc1ccc(F)c(OCC(O)(CN)C2CC2)c1. The van der Waals surface area contributed by atoms with Crippen molar-refractivity contribution >= 4 is 0 Å². The molecule has 1 fully saturated rings. The van der Waals surface area contributed by atoms with E-state index >= 15 is 0 Å². The van der Waals surface area contributed by atoms with Gasteiger partial charge in [0.25, 0.3) is 0 Å². The molecule has 17 heavy (non-hydrogen) atoms. The second kappa shape index (κ2) is 4.63. The van der Waals surface area contributed by atoms with E-state index in [1.807, 2.05) is 6.92 Å². The van der Waals surface area contributed by atoms with E-state index in [1.54, 1.807) is 12.1 Å². The molecule has 1 unspecified atom stereocenters. The lowest BCUT2D eigenvalue weighted by Crippen LogP contribution is -2.45. The number of nitrogens with two attached hydrogens (primary N) is 1. The van der Waals surface area contributed by atoms with Gasteiger partial charge < -0.3 is 15.6 Å². The lowest BCUT2D eigenvalue weighted by molar-refractivity contribution is -0.0171. The first-order valence-electron chi connectivity index (χ1n) is 5.86. The fourth-order valence-corrected chi connectivity index (χ4v) is 1.89. The van der Waals surface area contributed by atoms with E-state index in [0.29, 0.717) is 0 Å². The largest absolute Gasteiger partial charge is 0.487 e. The third-order valence-electron chi connectivity index (χ3n) is 3.26. The summed E-state index contributed by atoms with van der Waals surface area (Å²) >= 11 is 0. The molecule has 0 aliphatic heterocycles. The molecule has 2 rings (SSSR count). The van der Waals surface area contributed by atoms with Crippen molar-refractivity contribution in [3.8, 4) is 5.75 Å². The molecule has 0 heterocycles. The first-order valence-corrected chi connectivity index (χ1v) is 5.86. The molecule has 0 radical (unpaired) electrons. The third-order valence-corrected chi connectivity index (χ3v) is 3.26. The first-order chi connectivity index (χ1) is 8.05. The summed E-state index contributed by atoms with van der Waals surface area (Å²) in [7, 11) is 0. The Morgan fingerprint density at radius 3 is 2.82 bits per heavy atom.